The van der Waals surface area contributed by atoms with Crippen LogP contribution in [0.25, 0.3) is 0 Å². The second kappa shape index (κ2) is 6.27. The van der Waals surface area contributed by atoms with E-state index in [2.05, 4.69) is 0 Å². The van der Waals surface area contributed by atoms with Crippen LogP contribution in [0.15, 0.2) is 30.3 Å². The van der Waals surface area contributed by atoms with Crippen molar-refractivity contribution in [3.05, 3.63) is 30.3 Å². The molecule has 0 aliphatic carbocycles. The first-order valence-corrected chi connectivity index (χ1v) is 4.18. The molecule has 0 fully saturated rings. The number of carbonyl (C=O) groups is 1. The first kappa shape index (κ1) is 12.8. The lowest BCUT2D eigenvalue weighted by Gasteiger charge is -2.12. The van der Waals surface area contributed by atoms with Crippen molar-refractivity contribution in [2.45, 2.75) is 19.4 Å². The van der Waals surface area contributed by atoms with Crippen LogP contribution in [0.1, 0.15) is 13.3 Å². The zero-order valence-corrected chi connectivity index (χ0v) is 8.66. The van der Waals surface area contributed by atoms with Crippen molar-refractivity contribution >= 4 is 18.4 Å². The maximum absolute atomic E-state index is 10.6. The lowest BCUT2D eigenvalue weighted by atomic mass is 10.3. The van der Waals surface area contributed by atoms with Crippen molar-refractivity contribution < 1.29 is 14.6 Å². The number of halogens is 1. The Morgan fingerprint density at radius 3 is 2.43 bits per heavy atom. The van der Waals surface area contributed by atoms with Gasteiger partial charge >= 0.3 is 5.97 Å². The molecule has 0 saturated carbocycles. The van der Waals surface area contributed by atoms with Crippen LogP contribution in [0, 0.1) is 0 Å². The van der Waals surface area contributed by atoms with Crippen LogP contribution >= 0.6 is 12.4 Å². The second-order valence-corrected chi connectivity index (χ2v) is 2.67. The summed E-state index contributed by atoms with van der Waals surface area (Å²) in [4.78, 5) is 10.6. The minimum atomic E-state index is -0.925. The van der Waals surface area contributed by atoms with Gasteiger partial charge in [0.1, 0.15) is 5.75 Å². The summed E-state index contributed by atoms with van der Waals surface area (Å²) < 4.78 is 5.23. The number of ether oxygens (including phenoxy) is 1. The molecule has 0 spiro atoms. The summed E-state index contributed by atoms with van der Waals surface area (Å²) in [5.74, 6) is -0.330. The molecule has 0 radical (unpaired) electrons. The van der Waals surface area contributed by atoms with Gasteiger partial charge in [0.15, 0.2) is 6.10 Å². The number of benzene rings is 1. The summed E-state index contributed by atoms with van der Waals surface area (Å²) in [5.41, 5.74) is 0. The Labute approximate surface area is 89.1 Å². The number of rotatable bonds is 4. The molecule has 1 aromatic rings. The number of hydrogen-bond acceptors (Lipinski definition) is 2. The van der Waals surface area contributed by atoms with Gasteiger partial charge < -0.3 is 9.84 Å². The molecule has 1 aromatic carbocycles. The molecule has 1 rings (SSSR count). The molecule has 0 aliphatic heterocycles. The van der Waals surface area contributed by atoms with Crippen LogP contribution in [0.4, 0.5) is 0 Å². The van der Waals surface area contributed by atoms with Crippen LogP contribution in [0.5, 0.6) is 5.75 Å². The molecule has 0 amide bonds. The highest BCUT2D eigenvalue weighted by molar-refractivity contribution is 5.85. The summed E-state index contributed by atoms with van der Waals surface area (Å²) in [7, 11) is 0. The van der Waals surface area contributed by atoms with E-state index in [0.29, 0.717) is 12.2 Å². The fourth-order valence-electron chi connectivity index (χ4n) is 0.972. The van der Waals surface area contributed by atoms with E-state index >= 15 is 0 Å². The van der Waals surface area contributed by atoms with Crippen molar-refractivity contribution in [3.8, 4) is 5.75 Å². The molecule has 78 valence electrons. The molecule has 3 nitrogen and oxygen atoms in total. The zero-order chi connectivity index (χ0) is 9.68. The highest BCUT2D eigenvalue weighted by Crippen LogP contribution is 2.12. The SMILES string of the molecule is CCC(Oc1ccccc1)C(=O)O.Cl. The zero-order valence-electron chi connectivity index (χ0n) is 7.84. The quantitative estimate of drug-likeness (QED) is 0.841. The molecule has 1 unspecified atom stereocenters. The summed E-state index contributed by atoms with van der Waals surface area (Å²) in [6.45, 7) is 1.78. The van der Waals surface area contributed by atoms with Crippen LogP contribution in [-0.2, 0) is 4.79 Å². The van der Waals surface area contributed by atoms with Gasteiger partial charge in [-0.15, -0.1) is 12.4 Å². The van der Waals surface area contributed by atoms with Crippen LogP contribution in [0.3, 0.4) is 0 Å². The van der Waals surface area contributed by atoms with Crippen LogP contribution in [-0.4, -0.2) is 17.2 Å². The van der Waals surface area contributed by atoms with Crippen molar-refractivity contribution in [2.24, 2.45) is 0 Å². The molecular weight excluding hydrogens is 204 g/mol. The molecule has 0 heterocycles. The Balaban J connectivity index is 0.00000169. The Morgan fingerprint density at radius 2 is 2.00 bits per heavy atom. The lowest BCUT2D eigenvalue weighted by Crippen LogP contribution is -2.25. The second-order valence-electron chi connectivity index (χ2n) is 2.67. The van der Waals surface area contributed by atoms with E-state index in [1.165, 1.54) is 0 Å². The fourth-order valence-corrected chi connectivity index (χ4v) is 0.972. The van der Waals surface area contributed by atoms with E-state index in [-0.39, 0.29) is 12.4 Å². The smallest absolute Gasteiger partial charge is 0.344 e. The molecule has 4 heteroatoms. The van der Waals surface area contributed by atoms with Crippen LogP contribution < -0.4 is 4.74 Å². The van der Waals surface area contributed by atoms with Gasteiger partial charge in [-0.3, -0.25) is 0 Å². The third kappa shape index (κ3) is 3.66. The number of aliphatic carboxylic acids is 1. The number of para-hydroxylation sites is 1. The summed E-state index contributed by atoms with van der Waals surface area (Å²) in [5, 5.41) is 8.71. The number of carboxylic acid groups (broad SMARTS) is 1. The average Bonchev–Trinajstić information content (AvgIpc) is 2.15. The predicted molar refractivity (Wildman–Crippen MR) is 56.0 cm³/mol. The minimum Gasteiger partial charge on any atom is -0.479 e. The summed E-state index contributed by atoms with van der Waals surface area (Å²) in [6, 6.07) is 8.96. The largest absolute Gasteiger partial charge is 0.479 e. The van der Waals surface area contributed by atoms with Crippen LogP contribution in [0.2, 0.25) is 0 Å². The third-order valence-electron chi connectivity index (χ3n) is 1.67. The van der Waals surface area contributed by atoms with E-state index in [0.717, 1.165) is 0 Å². The molecule has 1 N–H and O–H groups in total. The van der Waals surface area contributed by atoms with Gasteiger partial charge in [-0.2, -0.15) is 0 Å². The maximum atomic E-state index is 10.6. The van der Waals surface area contributed by atoms with E-state index in [4.69, 9.17) is 9.84 Å². The van der Waals surface area contributed by atoms with Crippen molar-refractivity contribution in [1.82, 2.24) is 0 Å². The minimum absolute atomic E-state index is 0. The predicted octanol–water partition coefficient (Wildman–Crippen LogP) is 2.35. The molecule has 0 aliphatic rings. The molecule has 1 atom stereocenters. The van der Waals surface area contributed by atoms with E-state index in [1.54, 1.807) is 19.1 Å². The van der Waals surface area contributed by atoms with Crippen molar-refractivity contribution in [1.29, 1.82) is 0 Å². The molecule has 0 aromatic heterocycles. The Kier molecular flexibility index (Phi) is 5.72. The molecule has 0 saturated heterocycles. The highest BCUT2D eigenvalue weighted by atomic mass is 35.5. The highest BCUT2D eigenvalue weighted by Gasteiger charge is 2.15. The fraction of sp³-hybridized carbons (Fsp3) is 0.300. The molecular formula is C10H13ClO3. The van der Waals surface area contributed by atoms with E-state index in [9.17, 15) is 4.79 Å². The Bertz CT molecular complexity index is 274. The number of carboxylic acids is 1. The standard InChI is InChI=1S/C10H12O3.ClH/c1-2-9(10(11)12)13-8-6-4-3-5-7-8;/h3-7,9H,2H2,1H3,(H,11,12);1H. The lowest BCUT2D eigenvalue weighted by molar-refractivity contribution is -0.145. The van der Waals surface area contributed by atoms with Gasteiger partial charge in [-0.05, 0) is 18.6 Å². The topological polar surface area (TPSA) is 46.5 Å². The Hall–Kier alpha value is -1.22. The van der Waals surface area contributed by atoms with Crippen molar-refractivity contribution in [3.63, 3.8) is 0 Å². The first-order chi connectivity index (χ1) is 6.24. The average molecular weight is 217 g/mol. The third-order valence-corrected chi connectivity index (χ3v) is 1.67. The van der Waals surface area contributed by atoms with Gasteiger partial charge in [0.05, 0.1) is 0 Å². The van der Waals surface area contributed by atoms with Gasteiger partial charge in [0, 0.05) is 0 Å². The normalized spacial score (nSPS) is 11.2. The summed E-state index contributed by atoms with van der Waals surface area (Å²) in [6.07, 6.45) is -0.285. The Morgan fingerprint density at radius 1 is 1.43 bits per heavy atom. The van der Waals surface area contributed by atoms with E-state index in [1.807, 2.05) is 18.2 Å². The molecule has 0 bridgehead atoms. The van der Waals surface area contributed by atoms with Crippen molar-refractivity contribution in [2.75, 3.05) is 0 Å². The maximum Gasteiger partial charge on any atom is 0.344 e. The first-order valence-electron chi connectivity index (χ1n) is 4.18. The van der Waals surface area contributed by atoms with E-state index < -0.39 is 12.1 Å². The van der Waals surface area contributed by atoms with Gasteiger partial charge in [0.2, 0.25) is 0 Å². The summed E-state index contributed by atoms with van der Waals surface area (Å²) >= 11 is 0. The van der Waals surface area contributed by atoms with Gasteiger partial charge in [-0.1, -0.05) is 25.1 Å². The number of hydrogen-bond donors (Lipinski definition) is 1. The van der Waals surface area contributed by atoms with Gasteiger partial charge in [0.25, 0.3) is 0 Å². The molecule has 14 heavy (non-hydrogen) atoms. The van der Waals surface area contributed by atoms with Gasteiger partial charge in [-0.25, -0.2) is 4.79 Å². The monoisotopic (exact) mass is 216 g/mol.